The third-order valence-corrected chi connectivity index (χ3v) is 2.49. The Morgan fingerprint density at radius 1 is 1.53 bits per heavy atom. The number of rotatable bonds is 7. The lowest BCUT2D eigenvalue weighted by molar-refractivity contribution is 0.190. The first-order valence-electron chi connectivity index (χ1n) is 5.67. The molecule has 0 radical (unpaired) electrons. The first-order chi connectivity index (χ1) is 8.22. The summed E-state index contributed by atoms with van der Waals surface area (Å²) in [6.45, 7) is 2.82. The van der Waals surface area contributed by atoms with Crippen LogP contribution in [0.5, 0.6) is 0 Å². The summed E-state index contributed by atoms with van der Waals surface area (Å²) in [6.07, 6.45) is 2.60. The van der Waals surface area contributed by atoms with Crippen LogP contribution in [0.1, 0.15) is 19.0 Å². The average molecular weight is 242 g/mol. The molecule has 0 fully saturated rings. The van der Waals surface area contributed by atoms with Crippen LogP contribution in [0.2, 0.25) is 0 Å². The third kappa shape index (κ3) is 3.90. The second kappa shape index (κ2) is 7.13. The number of hydrogen-bond donors (Lipinski definition) is 2. The number of hydrogen-bond acceptors (Lipinski definition) is 5. The number of nitrogens with two attached hydrogens (primary N) is 1. The molecule has 1 aromatic rings. The number of aromatic nitrogens is 2. The highest BCUT2D eigenvalue weighted by atomic mass is 19.1. The molecule has 0 aromatic carbocycles. The number of halogens is 1. The molecule has 6 heteroatoms. The highest BCUT2D eigenvalue weighted by Gasteiger charge is 2.13. The first-order valence-corrected chi connectivity index (χ1v) is 5.67. The van der Waals surface area contributed by atoms with Crippen LogP contribution in [0, 0.1) is 5.82 Å². The molecular weight excluding hydrogens is 223 g/mol. The summed E-state index contributed by atoms with van der Waals surface area (Å²) in [7, 11) is 1.62. The molecule has 1 unspecified atom stereocenters. The second-order valence-electron chi connectivity index (χ2n) is 3.69. The van der Waals surface area contributed by atoms with Gasteiger partial charge in [-0.3, -0.25) is 0 Å². The number of nitrogens with one attached hydrogen (secondary N) is 1. The molecule has 1 aromatic heterocycles. The molecular formula is C11H19FN4O. The minimum atomic E-state index is -0.397. The molecule has 0 spiro atoms. The van der Waals surface area contributed by atoms with E-state index < -0.39 is 5.82 Å². The van der Waals surface area contributed by atoms with E-state index in [0.717, 1.165) is 0 Å². The standard InChI is InChI=1S/C11H19FN4O/c1-3-9-10(12)11(15-7-14-9)16-8(6-13)4-5-17-2/h7-8H,3-6,13H2,1-2H3,(H,14,15,16). The van der Waals surface area contributed by atoms with Crippen molar-refractivity contribution in [2.75, 3.05) is 25.6 Å². The van der Waals surface area contributed by atoms with E-state index in [0.29, 0.717) is 31.7 Å². The van der Waals surface area contributed by atoms with Gasteiger partial charge in [-0.05, 0) is 12.8 Å². The molecule has 1 heterocycles. The summed E-state index contributed by atoms with van der Waals surface area (Å²) >= 11 is 0. The van der Waals surface area contributed by atoms with Gasteiger partial charge in [-0.1, -0.05) is 6.92 Å². The Hall–Kier alpha value is -1.27. The molecule has 0 aliphatic rings. The van der Waals surface area contributed by atoms with E-state index >= 15 is 0 Å². The Bertz CT molecular complexity index is 348. The zero-order chi connectivity index (χ0) is 12.7. The van der Waals surface area contributed by atoms with E-state index in [2.05, 4.69) is 15.3 Å². The highest BCUT2D eigenvalue weighted by molar-refractivity contribution is 5.38. The number of ether oxygens (including phenoxy) is 1. The van der Waals surface area contributed by atoms with Gasteiger partial charge in [0.15, 0.2) is 11.6 Å². The van der Waals surface area contributed by atoms with Crippen molar-refractivity contribution in [2.24, 2.45) is 5.73 Å². The van der Waals surface area contributed by atoms with E-state index in [4.69, 9.17) is 10.5 Å². The summed E-state index contributed by atoms with van der Waals surface area (Å²) in [5, 5.41) is 2.98. The van der Waals surface area contributed by atoms with Crippen molar-refractivity contribution in [3.05, 3.63) is 17.8 Å². The highest BCUT2D eigenvalue weighted by Crippen LogP contribution is 2.14. The summed E-state index contributed by atoms with van der Waals surface area (Å²) in [5.41, 5.74) is 6.01. The quantitative estimate of drug-likeness (QED) is 0.745. The fourth-order valence-electron chi connectivity index (χ4n) is 1.46. The lowest BCUT2D eigenvalue weighted by atomic mass is 10.2. The van der Waals surface area contributed by atoms with Crippen molar-refractivity contribution in [3.8, 4) is 0 Å². The molecule has 0 saturated heterocycles. The Labute approximate surface area is 101 Å². The zero-order valence-electron chi connectivity index (χ0n) is 10.2. The van der Waals surface area contributed by atoms with E-state index in [1.165, 1.54) is 6.33 Å². The summed E-state index contributed by atoms with van der Waals surface area (Å²) in [5.74, 6) is -0.186. The van der Waals surface area contributed by atoms with Crippen LogP contribution in [-0.2, 0) is 11.2 Å². The van der Waals surface area contributed by atoms with Crippen LogP contribution in [0.25, 0.3) is 0 Å². The molecule has 0 aliphatic carbocycles. The summed E-state index contributed by atoms with van der Waals surface area (Å²) in [6, 6.07) is -0.0518. The molecule has 0 amide bonds. The van der Waals surface area contributed by atoms with Crippen LogP contribution >= 0.6 is 0 Å². The molecule has 5 nitrogen and oxygen atoms in total. The van der Waals surface area contributed by atoms with E-state index in [1.54, 1.807) is 7.11 Å². The lowest BCUT2D eigenvalue weighted by Crippen LogP contribution is -2.31. The van der Waals surface area contributed by atoms with Crippen molar-refractivity contribution in [3.63, 3.8) is 0 Å². The van der Waals surface area contributed by atoms with E-state index in [9.17, 15) is 4.39 Å². The normalized spacial score (nSPS) is 12.5. The van der Waals surface area contributed by atoms with Gasteiger partial charge in [0.1, 0.15) is 6.33 Å². The molecule has 1 rings (SSSR count). The van der Waals surface area contributed by atoms with Crippen LogP contribution in [0.15, 0.2) is 6.33 Å². The van der Waals surface area contributed by atoms with Gasteiger partial charge in [-0.15, -0.1) is 0 Å². The molecule has 17 heavy (non-hydrogen) atoms. The van der Waals surface area contributed by atoms with Gasteiger partial charge in [-0.25, -0.2) is 14.4 Å². The Morgan fingerprint density at radius 2 is 2.29 bits per heavy atom. The predicted octanol–water partition coefficient (Wildman–Crippen LogP) is 0.954. The average Bonchev–Trinajstić information content (AvgIpc) is 2.36. The summed E-state index contributed by atoms with van der Waals surface area (Å²) in [4.78, 5) is 7.76. The smallest absolute Gasteiger partial charge is 0.186 e. The fourth-order valence-corrected chi connectivity index (χ4v) is 1.46. The van der Waals surface area contributed by atoms with E-state index in [-0.39, 0.29) is 11.9 Å². The SMILES string of the molecule is CCc1ncnc(NC(CN)CCOC)c1F. The van der Waals surface area contributed by atoms with Gasteiger partial charge < -0.3 is 15.8 Å². The van der Waals surface area contributed by atoms with Gasteiger partial charge in [0.05, 0.1) is 5.69 Å². The third-order valence-electron chi connectivity index (χ3n) is 2.49. The van der Waals surface area contributed by atoms with Crippen molar-refractivity contribution in [1.82, 2.24) is 9.97 Å². The maximum atomic E-state index is 13.8. The molecule has 0 bridgehead atoms. The molecule has 1 atom stereocenters. The molecule has 3 N–H and O–H groups in total. The maximum Gasteiger partial charge on any atom is 0.186 e. The van der Waals surface area contributed by atoms with Crippen LogP contribution in [-0.4, -0.2) is 36.3 Å². The van der Waals surface area contributed by atoms with Gasteiger partial charge in [0.2, 0.25) is 0 Å². The maximum absolute atomic E-state index is 13.8. The largest absolute Gasteiger partial charge is 0.385 e. The Balaban J connectivity index is 2.72. The number of aryl methyl sites for hydroxylation is 1. The van der Waals surface area contributed by atoms with Crippen LogP contribution in [0.3, 0.4) is 0 Å². The predicted molar refractivity (Wildman–Crippen MR) is 64.3 cm³/mol. The van der Waals surface area contributed by atoms with Gasteiger partial charge in [0, 0.05) is 26.3 Å². The van der Waals surface area contributed by atoms with Crippen molar-refractivity contribution < 1.29 is 9.13 Å². The van der Waals surface area contributed by atoms with Crippen molar-refractivity contribution in [1.29, 1.82) is 0 Å². The van der Waals surface area contributed by atoms with Crippen LogP contribution in [0.4, 0.5) is 10.2 Å². The first kappa shape index (κ1) is 13.8. The summed E-state index contributed by atoms with van der Waals surface area (Å²) < 4.78 is 18.8. The van der Waals surface area contributed by atoms with Crippen molar-refractivity contribution in [2.45, 2.75) is 25.8 Å². The van der Waals surface area contributed by atoms with Crippen LogP contribution < -0.4 is 11.1 Å². The number of anilines is 1. The second-order valence-corrected chi connectivity index (χ2v) is 3.69. The Morgan fingerprint density at radius 3 is 2.88 bits per heavy atom. The lowest BCUT2D eigenvalue weighted by Gasteiger charge is -2.17. The monoisotopic (exact) mass is 242 g/mol. The fraction of sp³-hybridized carbons (Fsp3) is 0.636. The van der Waals surface area contributed by atoms with Gasteiger partial charge in [-0.2, -0.15) is 0 Å². The Kier molecular flexibility index (Phi) is 5.79. The number of methoxy groups -OCH3 is 1. The molecule has 96 valence electrons. The minimum Gasteiger partial charge on any atom is -0.385 e. The minimum absolute atomic E-state index is 0.0518. The topological polar surface area (TPSA) is 73.1 Å². The molecule has 0 saturated carbocycles. The van der Waals surface area contributed by atoms with Gasteiger partial charge in [0.25, 0.3) is 0 Å². The van der Waals surface area contributed by atoms with Crippen molar-refractivity contribution >= 4 is 5.82 Å². The zero-order valence-corrected chi connectivity index (χ0v) is 10.2. The number of nitrogens with zero attached hydrogens (tertiary/aromatic N) is 2. The molecule has 0 aliphatic heterocycles. The van der Waals surface area contributed by atoms with E-state index in [1.807, 2.05) is 6.92 Å². The van der Waals surface area contributed by atoms with Gasteiger partial charge >= 0.3 is 0 Å².